The van der Waals surface area contributed by atoms with E-state index in [1.807, 2.05) is 0 Å². The number of hydrogen-bond acceptors (Lipinski definition) is 4. The van der Waals surface area contributed by atoms with E-state index in [4.69, 9.17) is 4.74 Å². The lowest BCUT2D eigenvalue weighted by Gasteiger charge is -2.29. The first-order valence-corrected chi connectivity index (χ1v) is 8.91. The highest BCUT2D eigenvalue weighted by Gasteiger charge is 2.37. The average molecular weight is 347 g/mol. The molecule has 0 bridgehead atoms. The van der Waals surface area contributed by atoms with E-state index in [1.165, 1.54) is 19.2 Å². The number of nitrogens with zero attached hydrogens (tertiary/aromatic N) is 1. The summed E-state index contributed by atoms with van der Waals surface area (Å²) in [7, 11) is -2.49. The van der Waals surface area contributed by atoms with Gasteiger partial charge in [-0.2, -0.15) is 0 Å². The van der Waals surface area contributed by atoms with E-state index < -0.39 is 21.3 Å². The molecular weight excluding hydrogens is 326 g/mol. The molecule has 5 nitrogen and oxygen atoms in total. The zero-order valence-electron chi connectivity index (χ0n) is 14.2. The van der Waals surface area contributed by atoms with Crippen LogP contribution in [0, 0.1) is 5.41 Å². The molecule has 2 aromatic rings. The van der Waals surface area contributed by atoms with Crippen LogP contribution in [-0.2, 0) is 14.8 Å². The van der Waals surface area contributed by atoms with Crippen LogP contribution in [0.15, 0.2) is 59.5 Å². The Morgan fingerprint density at radius 2 is 1.50 bits per heavy atom. The fourth-order valence-electron chi connectivity index (χ4n) is 2.09. The number of ether oxygens (including phenoxy) is 1. The van der Waals surface area contributed by atoms with E-state index in [2.05, 4.69) is 0 Å². The molecule has 0 heterocycles. The third-order valence-electron chi connectivity index (χ3n) is 3.41. The summed E-state index contributed by atoms with van der Waals surface area (Å²) < 4.78 is 32.1. The van der Waals surface area contributed by atoms with Crippen LogP contribution in [0.3, 0.4) is 0 Å². The molecule has 0 N–H and O–H groups in total. The number of hydrogen-bond donors (Lipinski definition) is 0. The zero-order chi connectivity index (χ0) is 18.0. The van der Waals surface area contributed by atoms with Gasteiger partial charge in [0.2, 0.25) is 5.91 Å². The van der Waals surface area contributed by atoms with Crippen molar-refractivity contribution in [1.82, 2.24) is 0 Å². The Morgan fingerprint density at radius 1 is 0.958 bits per heavy atom. The van der Waals surface area contributed by atoms with Crippen LogP contribution >= 0.6 is 0 Å². The second-order valence-corrected chi connectivity index (χ2v) is 8.12. The summed E-state index contributed by atoms with van der Waals surface area (Å²) in [4.78, 5) is 12.9. The highest BCUT2D eigenvalue weighted by Crippen LogP contribution is 2.30. The number of anilines is 1. The topological polar surface area (TPSA) is 63.7 Å². The van der Waals surface area contributed by atoms with Crippen molar-refractivity contribution in [2.75, 3.05) is 11.4 Å². The van der Waals surface area contributed by atoms with Crippen molar-refractivity contribution in [2.45, 2.75) is 25.7 Å². The third kappa shape index (κ3) is 3.59. The third-order valence-corrected chi connectivity index (χ3v) is 5.14. The normalized spacial score (nSPS) is 11.8. The first-order valence-electron chi connectivity index (χ1n) is 7.47. The Labute approximate surface area is 142 Å². The highest BCUT2D eigenvalue weighted by atomic mass is 32.2. The predicted molar refractivity (Wildman–Crippen MR) is 93.6 cm³/mol. The predicted octanol–water partition coefficient (Wildman–Crippen LogP) is 3.46. The summed E-state index contributed by atoms with van der Waals surface area (Å²) in [6.45, 7) is 5.06. The number of rotatable bonds is 4. The van der Waals surface area contributed by atoms with Crippen LogP contribution in [0.1, 0.15) is 20.8 Å². The van der Waals surface area contributed by atoms with Crippen LogP contribution in [-0.4, -0.2) is 21.4 Å². The maximum Gasteiger partial charge on any atom is 0.270 e. The molecule has 128 valence electrons. The smallest absolute Gasteiger partial charge is 0.270 e. The van der Waals surface area contributed by atoms with Crippen LogP contribution < -0.4 is 9.04 Å². The van der Waals surface area contributed by atoms with Gasteiger partial charge in [-0.25, -0.2) is 12.7 Å². The van der Waals surface area contributed by atoms with Crippen molar-refractivity contribution in [2.24, 2.45) is 5.41 Å². The minimum absolute atomic E-state index is 0.0680. The lowest BCUT2D eigenvalue weighted by molar-refractivity contribution is -0.124. The van der Waals surface area contributed by atoms with Crippen LogP contribution in [0.25, 0.3) is 0 Å². The van der Waals surface area contributed by atoms with Crippen molar-refractivity contribution in [3.63, 3.8) is 0 Å². The van der Waals surface area contributed by atoms with Gasteiger partial charge in [0.05, 0.1) is 17.7 Å². The van der Waals surface area contributed by atoms with Gasteiger partial charge in [-0.05, 0) is 36.4 Å². The van der Waals surface area contributed by atoms with E-state index in [1.54, 1.807) is 63.2 Å². The SMILES string of the molecule is COc1ccc(N(C(=O)C(C)(C)C)S(=O)(=O)c2ccccc2)cc1. The van der Waals surface area contributed by atoms with Crippen LogP contribution in [0.4, 0.5) is 5.69 Å². The van der Waals surface area contributed by atoms with E-state index in [0.29, 0.717) is 5.75 Å². The number of carbonyl (C=O) groups is 1. The monoisotopic (exact) mass is 347 g/mol. The lowest BCUT2D eigenvalue weighted by Crippen LogP contribution is -2.43. The Balaban J connectivity index is 2.61. The van der Waals surface area contributed by atoms with Gasteiger partial charge in [-0.1, -0.05) is 39.0 Å². The van der Waals surface area contributed by atoms with Gasteiger partial charge in [0.1, 0.15) is 5.75 Å². The fourth-order valence-corrected chi connectivity index (χ4v) is 3.69. The number of amides is 1. The fraction of sp³-hybridized carbons (Fsp3) is 0.278. The molecule has 0 aliphatic rings. The van der Waals surface area contributed by atoms with Gasteiger partial charge >= 0.3 is 0 Å². The summed E-state index contributed by atoms with van der Waals surface area (Å²) in [6, 6.07) is 14.3. The summed E-state index contributed by atoms with van der Waals surface area (Å²) >= 11 is 0. The number of methoxy groups -OCH3 is 1. The Kier molecular flexibility index (Phi) is 4.99. The molecule has 0 aromatic heterocycles. The van der Waals surface area contributed by atoms with Crippen molar-refractivity contribution in [1.29, 1.82) is 0 Å². The number of carbonyl (C=O) groups excluding carboxylic acids is 1. The van der Waals surface area contributed by atoms with Crippen molar-refractivity contribution in [3.05, 3.63) is 54.6 Å². The maximum absolute atomic E-state index is 13.0. The summed E-state index contributed by atoms with van der Waals surface area (Å²) in [5.74, 6) is 0.0792. The Hall–Kier alpha value is -2.34. The minimum Gasteiger partial charge on any atom is -0.497 e. The number of sulfonamides is 1. The quantitative estimate of drug-likeness (QED) is 0.849. The van der Waals surface area contributed by atoms with E-state index in [-0.39, 0.29) is 10.6 Å². The summed E-state index contributed by atoms with van der Waals surface area (Å²) in [5.41, 5.74) is -0.582. The molecule has 0 aliphatic heterocycles. The molecule has 1 amide bonds. The molecule has 2 aromatic carbocycles. The molecule has 24 heavy (non-hydrogen) atoms. The van der Waals surface area contributed by atoms with E-state index in [0.717, 1.165) is 4.31 Å². The Bertz CT molecular complexity index is 806. The Morgan fingerprint density at radius 3 is 1.96 bits per heavy atom. The van der Waals surface area contributed by atoms with Crippen molar-refractivity contribution >= 4 is 21.6 Å². The van der Waals surface area contributed by atoms with Crippen LogP contribution in [0.2, 0.25) is 0 Å². The van der Waals surface area contributed by atoms with Gasteiger partial charge in [0.15, 0.2) is 0 Å². The molecule has 0 atom stereocenters. The largest absolute Gasteiger partial charge is 0.497 e. The van der Waals surface area contributed by atoms with Crippen molar-refractivity contribution < 1.29 is 17.9 Å². The number of benzene rings is 2. The van der Waals surface area contributed by atoms with E-state index >= 15 is 0 Å². The maximum atomic E-state index is 13.0. The van der Waals surface area contributed by atoms with Gasteiger partial charge in [0.25, 0.3) is 10.0 Å². The molecule has 0 fully saturated rings. The first-order chi connectivity index (χ1) is 11.2. The van der Waals surface area contributed by atoms with E-state index in [9.17, 15) is 13.2 Å². The molecule has 0 aliphatic carbocycles. The first kappa shape index (κ1) is 18.0. The second-order valence-electron chi connectivity index (χ2n) is 6.34. The standard InChI is InChI=1S/C18H21NO4S/c1-18(2,3)17(20)19(14-10-12-15(23-4)13-11-14)24(21,22)16-8-6-5-7-9-16/h5-13H,1-4H3. The van der Waals surface area contributed by atoms with Gasteiger partial charge in [0, 0.05) is 5.41 Å². The molecule has 0 saturated carbocycles. The molecule has 0 spiro atoms. The summed E-state index contributed by atoms with van der Waals surface area (Å²) in [5, 5.41) is 0. The second kappa shape index (κ2) is 6.65. The molecule has 0 unspecified atom stereocenters. The van der Waals surface area contributed by atoms with Crippen molar-refractivity contribution in [3.8, 4) is 5.75 Å². The van der Waals surface area contributed by atoms with Crippen LogP contribution in [0.5, 0.6) is 5.75 Å². The van der Waals surface area contributed by atoms with Gasteiger partial charge < -0.3 is 4.74 Å². The van der Waals surface area contributed by atoms with Gasteiger partial charge in [-0.15, -0.1) is 0 Å². The van der Waals surface area contributed by atoms with Gasteiger partial charge in [-0.3, -0.25) is 4.79 Å². The molecule has 2 rings (SSSR count). The molecule has 0 saturated heterocycles. The average Bonchev–Trinajstić information content (AvgIpc) is 2.55. The minimum atomic E-state index is -4.01. The highest BCUT2D eigenvalue weighted by molar-refractivity contribution is 7.93. The summed E-state index contributed by atoms with van der Waals surface area (Å²) in [6.07, 6.45) is 0. The molecule has 6 heteroatoms. The molecular formula is C18H21NO4S. The molecule has 0 radical (unpaired) electrons. The lowest BCUT2D eigenvalue weighted by atomic mass is 9.95. The zero-order valence-corrected chi connectivity index (χ0v) is 15.0.